The lowest BCUT2D eigenvalue weighted by molar-refractivity contribution is 0.458. The topological polar surface area (TPSA) is 73.1 Å². The summed E-state index contributed by atoms with van der Waals surface area (Å²) in [7, 11) is 0. The molecule has 0 aliphatic heterocycles. The Morgan fingerprint density at radius 2 is 2.06 bits per heavy atom. The number of benzene rings is 1. The summed E-state index contributed by atoms with van der Waals surface area (Å²) in [6, 6.07) is 7.57. The Morgan fingerprint density at radius 3 is 2.82 bits per heavy atom. The largest absolute Gasteiger partial charge is 0.439 e. The number of nitrogens with one attached hydrogen (secondary N) is 1. The van der Waals surface area contributed by atoms with Crippen molar-refractivity contribution >= 4 is 5.95 Å². The van der Waals surface area contributed by atoms with Crippen LogP contribution in [0.3, 0.4) is 0 Å². The molecule has 1 aromatic carbocycles. The number of hydrogen-bond acceptors (Lipinski definition) is 5. The van der Waals surface area contributed by atoms with Gasteiger partial charge in [0, 0.05) is 12.3 Å². The fourth-order valence-corrected chi connectivity index (χ4v) is 1.42. The SMILES string of the molecule is Cc1cccc(Oc2ccnc(NN)n2)c1C. The molecule has 0 radical (unpaired) electrons. The summed E-state index contributed by atoms with van der Waals surface area (Å²) in [4.78, 5) is 8.00. The molecule has 0 aliphatic carbocycles. The van der Waals surface area contributed by atoms with Crippen molar-refractivity contribution in [3.63, 3.8) is 0 Å². The number of nitrogen functional groups attached to an aromatic ring is 1. The molecule has 0 atom stereocenters. The highest BCUT2D eigenvalue weighted by atomic mass is 16.5. The molecular weight excluding hydrogens is 216 g/mol. The number of nitrogens with two attached hydrogens (primary N) is 1. The van der Waals surface area contributed by atoms with E-state index in [0.29, 0.717) is 11.8 Å². The molecular formula is C12H14N4O. The van der Waals surface area contributed by atoms with Crippen molar-refractivity contribution in [3.8, 4) is 11.6 Å². The third-order valence-electron chi connectivity index (χ3n) is 2.53. The monoisotopic (exact) mass is 230 g/mol. The van der Waals surface area contributed by atoms with E-state index < -0.39 is 0 Å². The first-order valence-electron chi connectivity index (χ1n) is 5.24. The van der Waals surface area contributed by atoms with Crippen LogP contribution in [0.25, 0.3) is 0 Å². The summed E-state index contributed by atoms with van der Waals surface area (Å²) in [5, 5.41) is 0. The van der Waals surface area contributed by atoms with Crippen LogP contribution in [-0.2, 0) is 0 Å². The molecule has 0 saturated carbocycles. The predicted octanol–water partition coefficient (Wildman–Crippen LogP) is 2.17. The first kappa shape index (κ1) is 11.3. The van der Waals surface area contributed by atoms with Gasteiger partial charge in [-0.25, -0.2) is 10.8 Å². The highest BCUT2D eigenvalue weighted by Crippen LogP contribution is 2.25. The number of aromatic nitrogens is 2. The van der Waals surface area contributed by atoms with Gasteiger partial charge in [0.15, 0.2) is 0 Å². The average molecular weight is 230 g/mol. The third-order valence-corrected chi connectivity index (χ3v) is 2.53. The minimum absolute atomic E-state index is 0.327. The molecule has 3 N–H and O–H groups in total. The fourth-order valence-electron chi connectivity index (χ4n) is 1.42. The van der Waals surface area contributed by atoms with E-state index in [4.69, 9.17) is 10.6 Å². The highest BCUT2D eigenvalue weighted by molar-refractivity contribution is 5.40. The van der Waals surface area contributed by atoms with Gasteiger partial charge in [0.25, 0.3) is 0 Å². The maximum Gasteiger partial charge on any atom is 0.240 e. The summed E-state index contributed by atoms with van der Waals surface area (Å²) in [6.45, 7) is 4.04. The van der Waals surface area contributed by atoms with Crippen LogP contribution in [0.1, 0.15) is 11.1 Å². The van der Waals surface area contributed by atoms with E-state index >= 15 is 0 Å². The van der Waals surface area contributed by atoms with Gasteiger partial charge < -0.3 is 4.74 Å². The van der Waals surface area contributed by atoms with E-state index in [-0.39, 0.29) is 0 Å². The molecule has 0 spiro atoms. The number of aryl methyl sites for hydroxylation is 1. The van der Waals surface area contributed by atoms with Crippen LogP contribution in [0.2, 0.25) is 0 Å². The lowest BCUT2D eigenvalue weighted by atomic mass is 10.1. The summed E-state index contributed by atoms with van der Waals surface area (Å²) in [6.07, 6.45) is 1.59. The van der Waals surface area contributed by atoms with Gasteiger partial charge in [-0.05, 0) is 31.0 Å². The lowest BCUT2D eigenvalue weighted by Crippen LogP contribution is -2.10. The zero-order chi connectivity index (χ0) is 12.3. The van der Waals surface area contributed by atoms with E-state index in [9.17, 15) is 0 Å². The Bertz CT molecular complexity index is 528. The van der Waals surface area contributed by atoms with Crippen molar-refractivity contribution in [1.82, 2.24) is 9.97 Å². The molecule has 1 heterocycles. The minimum atomic E-state index is 0.327. The van der Waals surface area contributed by atoms with Gasteiger partial charge in [-0.15, -0.1) is 0 Å². The molecule has 88 valence electrons. The molecule has 2 rings (SSSR count). The van der Waals surface area contributed by atoms with Crippen LogP contribution >= 0.6 is 0 Å². The number of nitrogens with zero attached hydrogens (tertiary/aromatic N) is 2. The highest BCUT2D eigenvalue weighted by Gasteiger charge is 2.05. The Balaban J connectivity index is 2.28. The number of anilines is 1. The molecule has 0 aliphatic rings. The molecule has 5 nitrogen and oxygen atoms in total. The average Bonchev–Trinajstić information content (AvgIpc) is 2.35. The van der Waals surface area contributed by atoms with E-state index in [1.165, 1.54) is 5.56 Å². The second-order valence-corrected chi connectivity index (χ2v) is 3.66. The molecule has 1 aromatic heterocycles. The van der Waals surface area contributed by atoms with Crippen LogP contribution in [0.4, 0.5) is 5.95 Å². The Kier molecular flexibility index (Phi) is 3.20. The van der Waals surface area contributed by atoms with Crippen LogP contribution in [0, 0.1) is 13.8 Å². The molecule has 0 fully saturated rings. The van der Waals surface area contributed by atoms with Crippen molar-refractivity contribution < 1.29 is 4.74 Å². The quantitative estimate of drug-likeness (QED) is 0.624. The van der Waals surface area contributed by atoms with Crippen LogP contribution in [-0.4, -0.2) is 9.97 Å². The number of hydrogen-bond donors (Lipinski definition) is 2. The third kappa shape index (κ3) is 2.51. The van der Waals surface area contributed by atoms with Crippen LogP contribution in [0.5, 0.6) is 11.6 Å². The molecule has 17 heavy (non-hydrogen) atoms. The standard InChI is InChI=1S/C12H14N4O/c1-8-4-3-5-10(9(8)2)17-11-6-7-14-12(15-11)16-13/h3-7H,13H2,1-2H3,(H,14,15,16). The van der Waals surface area contributed by atoms with Crippen molar-refractivity contribution in [2.75, 3.05) is 5.43 Å². The fraction of sp³-hybridized carbons (Fsp3) is 0.167. The number of hydrazine groups is 1. The Labute approximate surface area is 99.6 Å². The maximum absolute atomic E-state index is 5.69. The summed E-state index contributed by atoms with van der Waals surface area (Å²) >= 11 is 0. The van der Waals surface area contributed by atoms with E-state index in [1.807, 2.05) is 32.0 Å². The smallest absolute Gasteiger partial charge is 0.240 e. The Morgan fingerprint density at radius 1 is 1.24 bits per heavy atom. The van der Waals surface area contributed by atoms with E-state index in [1.54, 1.807) is 12.3 Å². The molecule has 2 aromatic rings. The van der Waals surface area contributed by atoms with Crippen LogP contribution in [0.15, 0.2) is 30.5 Å². The first-order chi connectivity index (χ1) is 8.20. The predicted molar refractivity (Wildman–Crippen MR) is 65.8 cm³/mol. The minimum Gasteiger partial charge on any atom is -0.439 e. The van der Waals surface area contributed by atoms with Crippen LogP contribution < -0.4 is 16.0 Å². The van der Waals surface area contributed by atoms with Gasteiger partial charge in [0.1, 0.15) is 5.75 Å². The van der Waals surface area contributed by atoms with Crippen molar-refractivity contribution in [1.29, 1.82) is 0 Å². The summed E-state index contributed by atoms with van der Waals surface area (Å²) in [5.74, 6) is 6.81. The maximum atomic E-state index is 5.69. The molecule has 0 amide bonds. The number of ether oxygens (including phenoxy) is 1. The van der Waals surface area contributed by atoms with Gasteiger partial charge >= 0.3 is 0 Å². The van der Waals surface area contributed by atoms with E-state index in [2.05, 4.69) is 15.4 Å². The zero-order valence-corrected chi connectivity index (χ0v) is 9.77. The molecule has 0 bridgehead atoms. The second kappa shape index (κ2) is 4.80. The normalized spacial score (nSPS) is 10.1. The van der Waals surface area contributed by atoms with Crippen molar-refractivity contribution in [2.24, 2.45) is 5.84 Å². The van der Waals surface area contributed by atoms with Crippen molar-refractivity contribution in [2.45, 2.75) is 13.8 Å². The second-order valence-electron chi connectivity index (χ2n) is 3.66. The van der Waals surface area contributed by atoms with Gasteiger partial charge in [-0.2, -0.15) is 4.98 Å². The summed E-state index contributed by atoms with van der Waals surface area (Å²) in [5.41, 5.74) is 4.64. The zero-order valence-electron chi connectivity index (χ0n) is 9.77. The first-order valence-corrected chi connectivity index (χ1v) is 5.24. The lowest BCUT2D eigenvalue weighted by Gasteiger charge is -2.09. The summed E-state index contributed by atoms with van der Waals surface area (Å²) < 4.78 is 5.69. The van der Waals surface area contributed by atoms with E-state index in [0.717, 1.165) is 11.3 Å². The molecule has 0 saturated heterocycles. The van der Waals surface area contributed by atoms with Gasteiger partial charge in [0.05, 0.1) is 0 Å². The molecule has 0 unspecified atom stereocenters. The van der Waals surface area contributed by atoms with Gasteiger partial charge in [0.2, 0.25) is 11.8 Å². The van der Waals surface area contributed by atoms with Gasteiger partial charge in [-0.3, -0.25) is 5.43 Å². The van der Waals surface area contributed by atoms with Crippen molar-refractivity contribution in [3.05, 3.63) is 41.6 Å². The molecule has 5 heteroatoms. The van der Waals surface area contributed by atoms with Gasteiger partial charge in [-0.1, -0.05) is 12.1 Å². The Hall–Kier alpha value is -2.14. The number of rotatable bonds is 3.